The van der Waals surface area contributed by atoms with Gasteiger partial charge in [-0.25, -0.2) is 0 Å². The third-order valence-corrected chi connectivity index (χ3v) is 3.71. The van der Waals surface area contributed by atoms with Crippen molar-refractivity contribution in [3.05, 3.63) is 51.7 Å². The molecule has 1 aromatic carbocycles. The Kier molecular flexibility index (Phi) is 3.29. The summed E-state index contributed by atoms with van der Waals surface area (Å²) in [5.41, 5.74) is 2.85. The van der Waals surface area contributed by atoms with Crippen molar-refractivity contribution in [2.75, 3.05) is 19.0 Å². The molecule has 0 N–H and O–H groups in total. The molecule has 0 unspecified atom stereocenters. The standard InChI is InChI=1S/C14H15NOS/c1-10-7-8-17-14(10)13(16)11-5-4-6-12(9-11)15(2)3/h4-9H,1-3H3. The Morgan fingerprint density at radius 2 is 2.00 bits per heavy atom. The maximum Gasteiger partial charge on any atom is 0.203 e. The monoisotopic (exact) mass is 245 g/mol. The van der Waals surface area contributed by atoms with Crippen molar-refractivity contribution >= 4 is 22.8 Å². The Morgan fingerprint density at radius 1 is 1.24 bits per heavy atom. The number of nitrogens with zero attached hydrogens (tertiary/aromatic N) is 1. The van der Waals surface area contributed by atoms with Crippen molar-refractivity contribution in [1.29, 1.82) is 0 Å². The van der Waals surface area contributed by atoms with Gasteiger partial charge in [-0.3, -0.25) is 4.79 Å². The number of carbonyl (C=O) groups is 1. The lowest BCUT2D eigenvalue weighted by Crippen LogP contribution is -2.10. The van der Waals surface area contributed by atoms with E-state index in [-0.39, 0.29) is 5.78 Å². The molecular weight excluding hydrogens is 230 g/mol. The summed E-state index contributed by atoms with van der Waals surface area (Å²) in [7, 11) is 3.94. The summed E-state index contributed by atoms with van der Waals surface area (Å²) >= 11 is 1.50. The third kappa shape index (κ3) is 2.39. The predicted octanol–water partition coefficient (Wildman–Crippen LogP) is 3.35. The highest BCUT2D eigenvalue weighted by Crippen LogP contribution is 2.22. The summed E-state index contributed by atoms with van der Waals surface area (Å²) in [6, 6.07) is 9.70. The summed E-state index contributed by atoms with van der Waals surface area (Å²) in [6.45, 7) is 1.97. The molecule has 3 heteroatoms. The zero-order valence-corrected chi connectivity index (χ0v) is 11.0. The summed E-state index contributed by atoms with van der Waals surface area (Å²) in [6.07, 6.45) is 0. The van der Waals surface area contributed by atoms with Gasteiger partial charge in [-0.2, -0.15) is 0 Å². The second-order valence-corrected chi connectivity index (χ2v) is 5.12. The Balaban J connectivity index is 2.38. The molecule has 0 spiro atoms. The SMILES string of the molecule is Cc1ccsc1C(=O)c1cccc(N(C)C)c1. The fourth-order valence-electron chi connectivity index (χ4n) is 1.66. The highest BCUT2D eigenvalue weighted by Gasteiger charge is 2.13. The summed E-state index contributed by atoms with van der Waals surface area (Å²) in [5, 5.41) is 1.96. The Bertz CT molecular complexity index is 543. The fourth-order valence-corrected chi connectivity index (χ4v) is 2.55. The number of rotatable bonds is 3. The molecule has 0 fully saturated rings. The first kappa shape index (κ1) is 11.9. The minimum atomic E-state index is 0.112. The minimum absolute atomic E-state index is 0.112. The smallest absolute Gasteiger partial charge is 0.203 e. The van der Waals surface area contributed by atoms with E-state index in [1.165, 1.54) is 11.3 Å². The quantitative estimate of drug-likeness (QED) is 0.773. The van der Waals surface area contributed by atoms with Gasteiger partial charge in [0.25, 0.3) is 0 Å². The van der Waals surface area contributed by atoms with Crippen molar-refractivity contribution in [3.63, 3.8) is 0 Å². The molecule has 0 aliphatic heterocycles. The molecule has 2 aromatic rings. The van der Waals surface area contributed by atoms with Gasteiger partial charge in [-0.15, -0.1) is 11.3 Å². The molecule has 0 bridgehead atoms. The average Bonchev–Trinajstić information content (AvgIpc) is 2.74. The molecule has 0 radical (unpaired) electrons. The highest BCUT2D eigenvalue weighted by molar-refractivity contribution is 7.12. The second kappa shape index (κ2) is 4.72. The Labute approximate surface area is 106 Å². The first-order valence-electron chi connectivity index (χ1n) is 5.46. The second-order valence-electron chi connectivity index (χ2n) is 4.21. The zero-order valence-electron chi connectivity index (χ0n) is 10.2. The number of hydrogen-bond acceptors (Lipinski definition) is 3. The van der Waals surface area contributed by atoms with Crippen LogP contribution in [-0.2, 0) is 0 Å². The van der Waals surface area contributed by atoms with Crippen LogP contribution in [0.3, 0.4) is 0 Å². The summed E-state index contributed by atoms with van der Waals surface area (Å²) in [4.78, 5) is 15.1. The van der Waals surface area contributed by atoms with Crippen molar-refractivity contribution < 1.29 is 4.79 Å². The molecular formula is C14H15NOS. The van der Waals surface area contributed by atoms with Crippen molar-refractivity contribution in [1.82, 2.24) is 0 Å². The number of anilines is 1. The first-order valence-corrected chi connectivity index (χ1v) is 6.34. The van der Waals surface area contributed by atoms with Gasteiger partial charge in [0.15, 0.2) is 0 Å². The molecule has 88 valence electrons. The molecule has 0 aliphatic rings. The van der Waals surface area contributed by atoms with Crippen molar-refractivity contribution in [2.45, 2.75) is 6.92 Å². The molecule has 2 nitrogen and oxygen atoms in total. The van der Waals surface area contributed by atoms with Crippen LogP contribution in [0.5, 0.6) is 0 Å². The number of ketones is 1. The molecule has 1 aromatic heterocycles. The van der Waals surface area contributed by atoms with Crippen LogP contribution >= 0.6 is 11.3 Å². The van der Waals surface area contributed by atoms with Crippen molar-refractivity contribution in [2.24, 2.45) is 0 Å². The average molecular weight is 245 g/mol. The molecule has 0 aliphatic carbocycles. The largest absolute Gasteiger partial charge is 0.378 e. The maximum absolute atomic E-state index is 12.3. The lowest BCUT2D eigenvalue weighted by molar-refractivity contribution is 0.104. The van der Waals surface area contributed by atoms with E-state index in [4.69, 9.17) is 0 Å². The van der Waals surface area contributed by atoms with E-state index in [0.717, 1.165) is 21.7 Å². The van der Waals surface area contributed by atoms with E-state index >= 15 is 0 Å². The van der Waals surface area contributed by atoms with Crippen LogP contribution in [0, 0.1) is 6.92 Å². The van der Waals surface area contributed by atoms with Gasteiger partial charge in [0.1, 0.15) is 0 Å². The van der Waals surface area contributed by atoms with Gasteiger partial charge in [0.05, 0.1) is 4.88 Å². The maximum atomic E-state index is 12.3. The summed E-state index contributed by atoms with van der Waals surface area (Å²) < 4.78 is 0. The van der Waals surface area contributed by atoms with E-state index in [1.807, 2.05) is 61.6 Å². The number of carbonyl (C=O) groups excluding carboxylic acids is 1. The van der Waals surface area contributed by atoms with Crippen LogP contribution < -0.4 is 4.90 Å². The van der Waals surface area contributed by atoms with Crippen LogP contribution in [0.25, 0.3) is 0 Å². The number of hydrogen-bond donors (Lipinski definition) is 0. The van der Waals surface area contributed by atoms with Gasteiger partial charge in [0.2, 0.25) is 5.78 Å². The normalized spacial score (nSPS) is 10.3. The number of aryl methyl sites for hydroxylation is 1. The van der Waals surface area contributed by atoms with Crippen LogP contribution in [0.1, 0.15) is 20.8 Å². The van der Waals surface area contributed by atoms with Gasteiger partial charge in [-0.1, -0.05) is 12.1 Å². The molecule has 0 amide bonds. The van der Waals surface area contributed by atoms with Crippen LogP contribution in [-0.4, -0.2) is 19.9 Å². The van der Waals surface area contributed by atoms with E-state index in [1.54, 1.807) is 0 Å². The van der Waals surface area contributed by atoms with Gasteiger partial charge in [0, 0.05) is 25.3 Å². The van der Waals surface area contributed by atoms with E-state index in [0.29, 0.717) is 0 Å². The Hall–Kier alpha value is -1.61. The molecule has 1 heterocycles. The van der Waals surface area contributed by atoms with E-state index < -0.39 is 0 Å². The van der Waals surface area contributed by atoms with Gasteiger partial charge >= 0.3 is 0 Å². The molecule has 2 rings (SSSR count). The summed E-state index contributed by atoms with van der Waals surface area (Å²) in [5.74, 6) is 0.112. The molecule has 0 saturated heterocycles. The van der Waals surface area contributed by atoms with Crippen LogP contribution in [0.15, 0.2) is 35.7 Å². The van der Waals surface area contributed by atoms with Crippen LogP contribution in [0.4, 0.5) is 5.69 Å². The minimum Gasteiger partial charge on any atom is -0.378 e. The predicted molar refractivity (Wildman–Crippen MR) is 73.3 cm³/mol. The molecule has 0 atom stereocenters. The topological polar surface area (TPSA) is 20.3 Å². The lowest BCUT2D eigenvalue weighted by atomic mass is 10.1. The lowest BCUT2D eigenvalue weighted by Gasteiger charge is -2.13. The number of benzene rings is 1. The Morgan fingerprint density at radius 3 is 2.59 bits per heavy atom. The van der Waals surface area contributed by atoms with E-state index in [9.17, 15) is 4.79 Å². The molecule has 0 saturated carbocycles. The molecule has 17 heavy (non-hydrogen) atoms. The fraction of sp³-hybridized carbons (Fsp3) is 0.214. The zero-order chi connectivity index (χ0) is 12.4. The van der Waals surface area contributed by atoms with Gasteiger partial charge in [-0.05, 0) is 36.1 Å². The highest BCUT2D eigenvalue weighted by atomic mass is 32.1. The van der Waals surface area contributed by atoms with Gasteiger partial charge < -0.3 is 4.90 Å². The first-order chi connectivity index (χ1) is 8.09. The third-order valence-electron chi connectivity index (χ3n) is 2.69. The number of thiophene rings is 1. The van der Waals surface area contributed by atoms with Crippen molar-refractivity contribution in [3.8, 4) is 0 Å². The van der Waals surface area contributed by atoms with E-state index in [2.05, 4.69) is 0 Å². The van der Waals surface area contributed by atoms with Crippen LogP contribution in [0.2, 0.25) is 0 Å².